The first-order valence-corrected chi connectivity index (χ1v) is 8.91. The molecular formula is C20H17FN4O5. The molecule has 0 bridgehead atoms. The van der Waals surface area contributed by atoms with Crippen LogP contribution in [0.15, 0.2) is 60.9 Å². The number of para-hydroxylation sites is 1. The van der Waals surface area contributed by atoms with Crippen LogP contribution >= 0.6 is 0 Å². The molecule has 0 aliphatic heterocycles. The number of aromatic nitrogens is 2. The van der Waals surface area contributed by atoms with E-state index in [1.165, 1.54) is 0 Å². The lowest BCUT2D eigenvalue weighted by atomic mass is 10.2. The number of aryl methyl sites for hydroxylation is 1. The van der Waals surface area contributed by atoms with Gasteiger partial charge in [-0.1, -0.05) is 18.2 Å². The highest BCUT2D eigenvalue weighted by Crippen LogP contribution is 2.21. The van der Waals surface area contributed by atoms with Crippen molar-refractivity contribution in [2.24, 2.45) is 0 Å². The SMILES string of the molecule is O=C(COC(=O)CCc1cnn(-c2ccccc2)c1)Nc1cc([N+](=O)[O-])ccc1F. The number of amides is 1. The Kier molecular flexibility index (Phi) is 6.48. The van der Waals surface area contributed by atoms with E-state index in [-0.39, 0.29) is 17.8 Å². The molecule has 1 aromatic heterocycles. The van der Waals surface area contributed by atoms with E-state index >= 15 is 0 Å². The normalized spacial score (nSPS) is 10.4. The minimum atomic E-state index is -0.837. The van der Waals surface area contributed by atoms with Crippen molar-refractivity contribution in [3.8, 4) is 5.69 Å². The van der Waals surface area contributed by atoms with Gasteiger partial charge in [-0.3, -0.25) is 19.7 Å². The summed E-state index contributed by atoms with van der Waals surface area (Å²) in [6.45, 7) is -0.635. The zero-order chi connectivity index (χ0) is 21.5. The molecule has 3 aromatic rings. The third-order valence-corrected chi connectivity index (χ3v) is 4.07. The summed E-state index contributed by atoms with van der Waals surface area (Å²) in [5, 5.41) is 17.1. The molecule has 0 aliphatic carbocycles. The van der Waals surface area contributed by atoms with Crippen molar-refractivity contribution in [2.75, 3.05) is 11.9 Å². The Morgan fingerprint density at radius 1 is 1.20 bits per heavy atom. The average Bonchev–Trinajstić information content (AvgIpc) is 3.22. The van der Waals surface area contributed by atoms with Gasteiger partial charge in [0.1, 0.15) is 5.82 Å². The molecule has 2 aromatic carbocycles. The minimum absolute atomic E-state index is 0.0267. The maximum absolute atomic E-state index is 13.7. The molecule has 0 spiro atoms. The second kappa shape index (κ2) is 9.41. The first-order valence-electron chi connectivity index (χ1n) is 8.91. The summed E-state index contributed by atoms with van der Waals surface area (Å²) >= 11 is 0. The molecule has 3 rings (SSSR count). The van der Waals surface area contributed by atoms with E-state index in [9.17, 15) is 24.1 Å². The first-order chi connectivity index (χ1) is 14.4. The van der Waals surface area contributed by atoms with E-state index in [1.54, 1.807) is 17.1 Å². The van der Waals surface area contributed by atoms with Crippen LogP contribution in [0.3, 0.4) is 0 Å². The fourth-order valence-electron chi connectivity index (χ4n) is 2.58. The number of anilines is 1. The first kappa shape index (κ1) is 20.6. The maximum Gasteiger partial charge on any atom is 0.306 e. The van der Waals surface area contributed by atoms with E-state index in [1.807, 2.05) is 30.3 Å². The van der Waals surface area contributed by atoms with Crippen molar-refractivity contribution < 1.29 is 23.6 Å². The second-order valence-electron chi connectivity index (χ2n) is 6.26. The van der Waals surface area contributed by atoms with Crippen molar-refractivity contribution >= 4 is 23.3 Å². The Balaban J connectivity index is 1.46. The number of hydrogen-bond donors (Lipinski definition) is 1. The number of benzene rings is 2. The summed E-state index contributed by atoms with van der Waals surface area (Å²) in [5.74, 6) is -2.26. The summed E-state index contributed by atoms with van der Waals surface area (Å²) in [6.07, 6.45) is 3.82. The lowest BCUT2D eigenvalue weighted by molar-refractivity contribution is -0.384. The minimum Gasteiger partial charge on any atom is -0.456 e. The van der Waals surface area contributed by atoms with Crippen LogP contribution in [-0.2, 0) is 20.7 Å². The van der Waals surface area contributed by atoms with Crippen LogP contribution in [0.4, 0.5) is 15.8 Å². The smallest absolute Gasteiger partial charge is 0.306 e. The maximum atomic E-state index is 13.7. The van der Waals surface area contributed by atoms with Crippen LogP contribution in [0.25, 0.3) is 5.69 Å². The van der Waals surface area contributed by atoms with E-state index in [4.69, 9.17) is 4.74 Å². The Labute approximate surface area is 170 Å². The monoisotopic (exact) mass is 412 g/mol. The molecule has 0 aliphatic rings. The Morgan fingerprint density at radius 3 is 2.70 bits per heavy atom. The van der Waals surface area contributed by atoms with Crippen LogP contribution in [0.2, 0.25) is 0 Å². The van der Waals surface area contributed by atoms with E-state index in [0.717, 1.165) is 29.4 Å². The van der Waals surface area contributed by atoms with Gasteiger partial charge in [0.2, 0.25) is 0 Å². The molecule has 0 saturated heterocycles. The number of carbonyl (C=O) groups excluding carboxylic acids is 2. The van der Waals surface area contributed by atoms with E-state index < -0.39 is 29.2 Å². The highest BCUT2D eigenvalue weighted by molar-refractivity contribution is 5.93. The summed E-state index contributed by atoms with van der Waals surface area (Å²) in [5.41, 5.74) is 0.966. The molecule has 0 unspecified atom stereocenters. The second-order valence-corrected chi connectivity index (χ2v) is 6.26. The number of halogens is 1. The molecule has 154 valence electrons. The fraction of sp³-hybridized carbons (Fsp3) is 0.150. The number of nitro groups is 1. The van der Waals surface area contributed by atoms with Gasteiger partial charge in [0.25, 0.3) is 11.6 Å². The highest BCUT2D eigenvalue weighted by atomic mass is 19.1. The third kappa shape index (κ3) is 5.47. The van der Waals surface area contributed by atoms with Gasteiger partial charge in [0.05, 0.1) is 22.5 Å². The number of carbonyl (C=O) groups is 2. The molecule has 1 N–H and O–H groups in total. The number of ether oxygens (including phenoxy) is 1. The zero-order valence-corrected chi connectivity index (χ0v) is 15.7. The molecule has 30 heavy (non-hydrogen) atoms. The van der Waals surface area contributed by atoms with Gasteiger partial charge in [-0.05, 0) is 30.2 Å². The fourth-order valence-corrected chi connectivity index (χ4v) is 2.58. The predicted molar refractivity (Wildman–Crippen MR) is 105 cm³/mol. The van der Waals surface area contributed by atoms with Crippen molar-refractivity contribution in [1.82, 2.24) is 9.78 Å². The molecule has 9 nitrogen and oxygen atoms in total. The van der Waals surface area contributed by atoms with Crippen LogP contribution in [-0.4, -0.2) is 33.2 Å². The number of rotatable bonds is 8. The van der Waals surface area contributed by atoms with Gasteiger partial charge in [-0.2, -0.15) is 5.10 Å². The Bertz CT molecular complexity index is 1070. The predicted octanol–water partition coefficient (Wildman–Crippen LogP) is 3.03. The number of esters is 1. The standard InChI is InChI=1S/C20H17FN4O5/c21-17-8-7-16(25(28)29)10-18(17)23-19(26)13-30-20(27)9-6-14-11-22-24(12-14)15-4-2-1-3-5-15/h1-5,7-8,10-12H,6,9,13H2,(H,23,26). The summed E-state index contributed by atoms with van der Waals surface area (Å²) in [6, 6.07) is 12.2. The number of non-ortho nitro benzene ring substituents is 1. The van der Waals surface area contributed by atoms with Crippen molar-refractivity contribution in [1.29, 1.82) is 0 Å². The highest BCUT2D eigenvalue weighted by Gasteiger charge is 2.14. The zero-order valence-electron chi connectivity index (χ0n) is 15.7. The van der Waals surface area contributed by atoms with Crippen molar-refractivity contribution in [3.05, 3.63) is 82.4 Å². The van der Waals surface area contributed by atoms with E-state index in [2.05, 4.69) is 10.4 Å². The lowest BCUT2D eigenvalue weighted by Gasteiger charge is -2.07. The Morgan fingerprint density at radius 2 is 1.97 bits per heavy atom. The van der Waals surface area contributed by atoms with Gasteiger partial charge in [0.15, 0.2) is 6.61 Å². The topological polar surface area (TPSA) is 116 Å². The van der Waals surface area contributed by atoms with Gasteiger partial charge in [0, 0.05) is 24.8 Å². The third-order valence-electron chi connectivity index (χ3n) is 4.07. The van der Waals surface area contributed by atoms with Crippen molar-refractivity contribution in [2.45, 2.75) is 12.8 Å². The number of nitro benzene ring substituents is 1. The molecular weight excluding hydrogens is 395 g/mol. The van der Waals surface area contributed by atoms with Crippen molar-refractivity contribution in [3.63, 3.8) is 0 Å². The molecule has 0 atom stereocenters. The van der Waals surface area contributed by atoms with Gasteiger partial charge in [-0.25, -0.2) is 9.07 Å². The van der Waals surface area contributed by atoms with Crippen LogP contribution in [0.5, 0.6) is 0 Å². The van der Waals surface area contributed by atoms with Crippen LogP contribution in [0, 0.1) is 15.9 Å². The number of hydrogen-bond acceptors (Lipinski definition) is 6. The molecule has 1 amide bonds. The van der Waals surface area contributed by atoms with Gasteiger partial charge in [-0.15, -0.1) is 0 Å². The van der Waals surface area contributed by atoms with Gasteiger partial charge >= 0.3 is 5.97 Å². The Hall–Kier alpha value is -4.08. The van der Waals surface area contributed by atoms with Gasteiger partial charge < -0.3 is 10.1 Å². The molecule has 0 radical (unpaired) electrons. The quantitative estimate of drug-likeness (QED) is 0.345. The summed E-state index contributed by atoms with van der Waals surface area (Å²) < 4.78 is 20.2. The molecule has 10 heteroatoms. The molecule has 0 fully saturated rings. The van der Waals surface area contributed by atoms with Crippen LogP contribution < -0.4 is 5.32 Å². The molecule has 1 heterocycles. The molecule has 0 saturated carbocycles. The number of nitrogens with one attached hydrogen (secondary N) is 1. The largest absolute Gasteiger partial charge is 0.456 e. The lowest BCUT2D eigenvalue weighted by Crippen LogP contribution is -2.21. The van der Waals surface area contributed by atoms with E-state index in [0.29, 0.717) is 6.42 Å². The summed E-state index contributed by atoms with van der Waals surface area (Å²) in [4.78, 5) is 33.7. The number of nitrogens with zero attached hydrogens (tertiary/aromatic N) is 3. The van der Waals surface area contributed by atoms with Crippen LogP contribution in [0.1, 0.15) is 12.0 Å². The average molecular weight is 412 g/mol. The summed E-state index contributed by atoms with van der Waals surface area (Å²) in [7, 11) is 0.